The lowest BCUT2D eigenvalue weighted by atomic mass is 10.1. The second-order valence-electron chi connectivity index (χ2n) is 6.43. The average molecular weight is 432 g/mol. The van der Waals surface area contributed by atoms with Crippen LogP contribution in [0.3, 0.4) is 0 Å². The number of carbonyl (C=O) groups excluding carboxylic acids is 1. The van der Waals surface area contributed by atoms with E-state index in [2.05, 4.69) is 4.98 Å². The molecule has 0 unspecified atom stereocenters. The average Bonchev–Trinajstić information content (AvgIpc) is 3.44. The molecule has 9 heteroatoms. The largest absolute Gasteiger partial charge is 0.493 e. The summed E-state index contributed by atoms with van der Waals surface area (Å²) in [5.74, 6) is 1.67. The van der Waals surface area contributed by atoms with Crippen molar-refractivity contribution in [3.8, 4) is 11.5 Å². The van der Waals surface area contributed by atoms with E-state index in [0.29, 0.717) is 36.0 Å². The number of aromatic nitrogens is 1. The summed E-state index contributed by atoms with van der Waals surface area (Å²) in [4.78, 5) is 18.4. The van der Waals surface area contributed by atoms with Gasteiger partial charge in [-0.05, 0) is 29.8 Å². The molecule has 160 valence electrons. The van der Waals surface area contributed by atoms with Crippen molar-refractivity contribution in [1.82, 2.24) is 9.88 Å². The van der Waals surface area contributed by atoms with Crippen LogP contribution in [0.1, 0.15) is 22.0 Å². The highest BCUT2D eigenvalue weighted by Crippen LogP contribution is 2.30. The number of methoxy groups -OCH3 is 2. The molecule has 8 nitrogen and oxygen atoms in total. The van der Waals surface area contributed by atoms with Crippen LogP contribution in [0.4, 0.5) is 0 Å². The molecule has 0 aliphatic rings. The molecule has 0 spiro atoms. The van der Waals surface area contributed by atoms with Crippen LogP contribution in [0.2, 0.25) is 0 Å². The van der Waals surface area contributed by atoms with Crippen molar-refractivity contribution in [3.05, 3.63) is 64.0 Å². The number of hydrogen-bond donors (Lipinski definition) is 1. The molecule has 0 aliphatic heterocycles. The van der Waals surface area contributed by atoms with Gasteiger partial charge in [-0.25, -0.2) is 4.98 Å². The lowest BCUT2D eigenvalue weighted by Gasteiger charge is -2.22. The molecule has 0 atom stereocenters. The van der Waals surface area contributed by atoms with Crippen LogP contribution < -0.4 is 9.47 Å². The van der Waals surface area contributed by atoms with E-state index in [9.17, 15) is 4.79 Å². The topological polar surface area (TPSA) is 94.3 Å². The Bertz CT molecular complexity index is 941. The Balaban J connectivity index is 1.74. The number of hydrogen-bond acceptors (Lipinski definition) is 8. The molecule has 3 rings (SSSR count). The Kier molecular flexibility index (Phi) is 7.83. The maximum atomic E-state index is 12.5. The third-order valence-corrected chi connectivity index (χ3v) is 5.13. The van der Waals surface area contributed by atoms with Crippen molar-refractivity contribution < 1.29 is 28.5 Å². The molecule has 0 bridgehead atoms. The molecule has 0 saturated carbocycles. The van der Waals surface area contributed by atoms with Gasteiger partial charge in [0.25, 0.3) is 0 Å². The van der Waals surface area contributed by atoms with Gasteiger partial charge in [0.15, 0.2) is 11.5 Å². The third kappa shape index (κ3) is 5.82. The number of thiazole rings is 1. The van der Waals surface area contributed by atoms with Gasteiger partial charge in [-0.3, -0.25) is 4.79 Å². The summed E-state index contributed by atoms with van der Waals surface area (Å²) in [6.07, 6.45) is 1.58. The van der Waals surface area contributed by atoms with Crippen molar-refractivity contribution in [1.29, 1.82) is 0 Å². The first-order valence-electron chi connectivity index (χ1n) is 9.26. The standard InChI is InChI=1S/C21H24N2O6S/c1-26-13-21(25)23(10-17-4-3-7-28-17)9-15-5-6-18(27-2)19(8-15)29-12-20-22-16(11-24)14-30-20/h3-8,14,24H,9-13H2,1-2H3. The van der Waals surface area contributed by atoms with Gasteiger partial charge >= 0.3 is 0 Å². The van der Waals surface area contributed by atoms with Gasteiger partial charge in [-0.2, -0.15) is 0 Å². The van der Waals surface area contributed by atoms with Gasteiger partial charge in [-0.1, -0.05) is 6.07 Å². The fraction of sp³-hybridized carbons (Fsp3) is 0.333. The van der Waals surface area contributed by atoms with Gasteiger partial charge in [-0.15, -0.1) is 11.3 Å². The lowest BCUT2D eigenvalue weighted by Crippen LogP contribution is -2.32. The van der Waals surface area contributed by atoms with Crippen LogP contribution in [0.25, 0.3) is 0 Å². The summed E-state index contributed by atoms with van der Waals surface area (Å²) in [6, 6.07) is 9.14. The third-order valence-electron chi connectivity index (χ3n) is 4.26. The van der Waals surface area contributed by atoms with E-state index in [-0.39, 0.29) is 25.7 Å². The first-order valence-corrected chi connectivity index (χ1v) is 10.1. The zero-order valence-corrected chi connectivity index (χ0v) is 17.7. The second-order valence-corrected chi connectivity index (χ2v) is 7.37. The minimum Gasteiger partial charge on any atom is -0.493 e. The van der Waals surface area contributed by atoms with Crippen molar-refractivity contribution in [2.45, 2.75) is 26.3 Å². The fourth-order valence-electron chi connectivity index (χ4n) is 2.82. The lowest BCUT2D eigenvalue weighted by molar-refractivity contribution is -0.136. The van der Waals surface area contributed by atoms with Gasteiger partial charge in [0.05, 0.1) is 32.2 Å². The Morgan fingerprint density at radius 3 is 2.77 bits per heavy atom. The molecular weight excluding hydrogens is 408 g/mol. The first kappa shape index (κ1) is 21.8. The molecule has 0 radical (unpaired) electrons. The van der Waals surface area contributed by atoms with Crippen LogP contribution in [0.15, 0.2) is 46.4 Å². The summed E-state index contributed by atoms with van der Waals surface area (Å²) < 4.78 is 21.7. The molecule has 2 aromatic heterocycles. The number of furan rings is 1. The van der Waals surface area contributed by atoms with Crippen LogP contribution >= 0.6 is 11.3 Å². The van der Waals surface area contributed by atoms with Crippen LogP contribution in [0.5, 0.6) is 11.5 Å². The molecule has 30 heavy (non-hydrogen) atoms. The molecule has 0 fully saturated rings. The van der Waals surface area contributed by atoms with E-state index >= 15 is 0 Å². The number of ether oxygens (including phenoxy) is 3. The Morgan fingerprint density at radius 1 is 1.23 bits per heavy atom. The van der Waals surface area contributed by atoms with Crippen molar-refractivity contribution >= 4 is 17.2 Å². The SMILES string of the molecule is COCC(=O)N(Cc1ccc(OC)c(OCc2nc(CO)cs2)c1)Cc1ccco1. The van der Waals surface area contributed by atoms with E-state index in [0.717, 1.165) is 10.6 Å². The van der Waals surface area contributed by atoms with Crippen molar-refractivity contribution in [3.63, 3.8) is 0 Å². The molecule has 0 aliphatic carbocycles. The molecule has 3 aromatic rings. The zero-order valence-electron chi connectivity index (χ0n) is 16.9. The normalized spacial score (nSPS) is 10.8. The maximum absolute atomic E-state index is 12.5. The fourth-order valence-corrected chi connectivity index (χ4v) is 3.51. The van der Waals surface area contributed by atoms with E-state index in [1.165, 1.54) is 18.4 Å². The predicted octanol–water partition coefficient (Wildman–Crippen LogP) is 2.99. The van der Waals surface area contributed by atoms with E-state index in [1.807, 2.05) is 18.2 Å². The van der Waals surface area contributed by atoms with Crippen LogP contribution in [-0.4, -0.2) is 41.7 Å². The summed E-state index contributed by atoms with van der Waals surface area (Å²) in [5, 5.41) is 11.7. The molecule has 1 aromatic carbocycles. The summed E-state index contributed by atoms with van der Waals surface area (Å²) in [6.45, 7) is 0.826. The Labute approximate surface area is 178 Å². The Morgan fingerprint density at radius 2 is 2.10 bits per heavy atom. The predicted molar refractivity (Wildman–Crippen MR) is 110 cm³/mol. The zero-order chi connectivity index (χ0) is 21.3. The van der Waals surface area contributed by atoms with Crippen molar-refractivity contribution in [2.75, 3.05) is 20.8 Å². The molecule has 1 amide bonds. The summed E-state index contributed by atoms with van der Waals surface area (Å²) in [7, 11) is 3.06. The number of amides is 1. The van der Waals surface area contributed by atoms with Gasteiger partial charge in [0, 0.05) is 19.0 Å². The minimum absolute atomic E-state index is 0.0164. The summed E-state index contributed by atoms with van der Waals surface area (Å²) >= 11 is 1.42. The van der Waals surface area contributed by atoms with Crippen LogP contribution in [-0.2, 0) is 35.8 Å². The van der Waals surface area contributed by atoms with Gasteiger partial charge < -0.3 is 28.6 Å². The molecule has 0 saturated heterocycles. The van der Waals surface area contributed by atoms with E-state index < -0.39 is 0 Å². The first-order chi connectivity index (χ1) is 14.6. The number of aliphatic hydroxyl groups is 1. The number of carbonyl (C=O) groups is 1. The van der Waals surface area contributed by atoms with Gasteiger partial charge in [0.1, 0.15) is 24.0 Å². The Hall–Kier alpha value is -2.88. The molecule has 2 heterocycles. The highest BCUT2D eigenvalue weighted by Gasteiger charge is 2.17. The van der Waals surface area contributed by atoms with E-state index in [1.54, 1.807) is 35.8 Å². The molecular formula is C21H24N2O6S. The maximum Gasteiger partial charge on any atom is 0.249 e. The van der Waals surface area contributed by atoms with E-state index in [4.69, 9.17) is 23.7 Å². The quantitative estimate of drug-likeness (QED) is 0.498. The molecule has 1 N–H and O–H groups in total. The summed E-state index contributed by atoms with van der Waals surface area (Å²) in [5.41, 5.74) is 1.49. The number of benzene rings is 1. The van der Waals surface area contributed by atoms with Crippen molar-refractivity contribution in [2.24, 2.45) is 0 Å². The number of aliphatic hydroxyl groups excluding tert-OH is 1. The monoisotopic (exact) mass is 432 g/mol. The van der Waals surface area contributed by atoms with Gasteiger partial charge in [0.2, 0.25) is 5.91 Å². The smallest absolute Gasteiger partial charge is 0.249 e. The highest BCUT2D eigenvalue weighted by atomic mass is 32.1. The second kappa shape index (κ2) is 10.8. The highest BCUT2D eigenvalue weighted by molar-refractivity contribution is 7.09. The minimum atomic E-state index is -0.147. The van der Waals surface area contributed by atoms with Crippen LogP contribution in [0, 0.1) is 0 Å². The number of nitrogens with zero attached hydrogens (tertiary/aromatic N) is 2. The number of rotatable bonds is 11.